The summed E-state index contributed by atoms with van der Waals surface area (Å²) in [5, 5.41) is 0. The molecule has 1 heterocycles. The number of halogens is 1. The van der Waals surface area contributed by atoms with Crippen molar-refractivity contribution in [3.8, 4) is 0 Å². The first kappa shape index (κ1) is 12.2. The maximum absolute atomic E-state index is 5.84. The average molecular weight is 222 g/mol. The van der Waals surface area contributed by atoms with Gasteiger partial charge in [-0.3, -0.25) is 0 Å². The van der Waals surface area contributed by atoms with Gasteiger partial charge >= 0.3 is 0 Å². The van der Waals surface area contributed by atoms with Gasteiger partial charge in [0.15, 0.2) is 6.29 Å². The lowest BCUT2D eigenvalue weighted by Gasteiger charge is -2.27. The summed E-state index contributed by atoms with van der Waals surface area (Å²) in [4.78, 5) is 0. The normalized spacial score (nSPS) is 34.1. The van der Waals surface area contributed by atoms with Crippen molar-refractivity contribution in [3.63, 3.8) is 0 Å². The molecule has 1 aliphatic carbocycles. The van der Waals surface area contributed by atoms with Crippen molar-refractivity contribution in [2.24, 2.45) is 11.7 Å². The Bertz CT molecular complexity index is 154. The lowest BCUT2D eigenvalue weighted by atomic mass is 9.84. The van der Waals surface area contributed by atoms with E-state index in [0.29, 0.717) is 6.04 Å². The van der Waals surface area contributed by atoms with Gasteiger partial charge in [-0.25, -0.2) is 0 Å². The van der Waals surface area contributed by atoms with Crippen molar-refractivity contribution in [1.82, 2.24) is 0 Å². The van der Waals surface area contributed by atoms with E-state index in [4.69, 9.17) is 15.2 Å². The lowest BCUT2D eigenvalue weighted by Crippen LogP contribution is -2.28. The van der Waals surface area contributed by atoms with Crippen molar-refractivity contribution >= 4 is 12.4 Å². The summed E-state index contributed by atoms with van der Waals surface area (Å²) in [6, 6.07) is 0.446. The highest BCUT2D eigenvalue weighted by Crippen LogP contribution is 2.28. The summed E-state index contributed by atoms with van der Waals surface area (Å²) < 4.78 is 10.9. The minimum atomic E-state index is 0. The molecule has 0 bridgehead atoms. The molecule has 4 heteroatoms. The van der Waals surface area contributed by atoms with Gasteiger partial charge in [-0.2, -0.15) is 0 Å². The van der Waals surface area contributed by atoms with Crippen molar-refractivity contribution < 1.29 is 9.47 Å². The summed E-state index contributed by atoms with van der Waals surface area (Å²) in [7, 11) is 0. The third-order valence-electron chi connectivity index (χ3n) is 3.11. The zero-order valence-electron chi connectivity index (χ0n) is 8.48. The monoisotopic (exact) mass is 221 g/mol. The maximum atomic E-state index is 5.84. The third kappa shape index (κ3) is 3.39. The molecule has 0 aromatic rings. The van der Waals surface area contributed by atoms with Gasteiger partial charge < -0.3 is 15.2 Å². The second-order valence-electron chi connectivity index (χ2n) is 4.19. The number of rotatable bonds is 2. The standard InChI is InChI=1S/C10H19NO2.ClH/c11-9-3-1-8(2-4-9)7-10-12-5-6-13-10;/h8-10H,1-7,11H2;1H. The van der Waals surface area contributed by atoms with Crippen LogP contribution in [0.3, 0.4) is 0 Å². The van der Waals surface area contributed by atoms with Crippen LogP contribution < -0.4 is 5.73 Å². The van der Waals surface area contributed by atoms with Gasteiger partial charge in [0.05, 0.1) is 13.2 Å². The van der Waals surface area contributed by atoms with Crippen molar-refractivity contribution in [1.29, 1.82) is 0 Å². The van der Waals surface area contributed by atoms with Crippen LogP contribution in [0.15, 0.2) is 0 Å². The maximum Gasteiger partial charge on any atom is 0.158 e. The molecule has 2 aliphatic rings. The molecule has 14 heavy (non-hydrogen) atoms. The second kappa shape index (κ2) is 5.91. The smallest absolute Gasteiger partial charge is 0.158 e. The second-order valence-corrected chi connectivity index (χ2v) is 4.19. The summed E-state index contributed by atoms with van der Waals surface area (Å²) in [6.45, 7) is 1.55. The van der Waals surface area contributed by atoms with Crippen LogP contribution in [0.25, 0.3) is 0 Å². The van der Waals surface area contributed by atoms with Crippen LogP contribution in [0.5, 0.6) is 0 Å². The Hall–Kier alpha value is 0.170. The highest BCUT2D eigenvalue weighted by molar-refractivity contribution is 5.85. The van der Waals surface area contributed by atoms with E-state index in [9.17, 15) is 0 Å². The molecule has 2 N–H and O–H groups in total. The molecule has 2 rings (SSSR count). The zero-order valence-corrected chi connectivity index (χ0v) is 9.30. The molecule has 0 radical (unpaired) electrons. The van der Waals surface area contributed by atoms with Crippen molar-refractivity contribution in [3.05, 3.63) is 0 Å². The van der Waals surface area contributed by atoms with E-state index in [1.165, 1.54) is 25.7 Å². The molecule has 2 fully saturated rings. The van der Waals surface area contributed by atoms with E-state index in [0.717, 1.165) is 25.6 Å². The molecule has 0 spiro atoms. The largest absolute Gasteiger partial charge is 0.350 e. The molecule has 0 aromatic heterocycles. The van der Waals surface area contributed by atoms with Gasteiger partial charge in [0.25, 0.3) is 0 Å². The minimum absolute atomic E-state index is 0. The van der Waals surface area contributed by atoms with Crippen LogP contribution in [0.2, 0.25) is 0 Å². The van der Waals surface area contributed by atoms with Gasteiger partial charge in [0.1, 0.15) is 0 Å². The highest BCUT2D eigenvalue weighted by atomic mass is 35.5. The van der Waals surface area contributed by atoms with Crippen molar-refractivity contribution in [2.75, 3.05) is 13.2 Å². The Balaban J connectivity index is 0.000000980. The minimum Gasteiger partial charge on any atom is -0.350 e. The molecule has 1 saturated carbocycles. The summed E-state index contributed by atoms with van der Waals surface area (Å²) >= 11 is 0. The van der Waals surface area contributed by atoms with Gasteiger partial charge in [-0.15, -0.1) is 12.4 Å². The van der Waals surface area contributed by atoms with Crippen molar-refractivity contribution in [2.45, 2.75) is 44.4 Å². The van der Waals surface area contributed by atoms with Gasteiger partial charge in [0.2, 0.25) is 0 Å². The first-order valence-electron chi connectivity index (χ1n) is 5.33. The van der Waals surface area contributed by atoms with E-state index in [-0.39, 0.29) is 18.7 Å². The molecule has 3 nitrogen and oxygen atoms in total. The Morgan fingerprint density at radius 3 is 2.14 bits per heavy atom. The fourth-order valence-electron chi connectivity index (χ4n) is 2.24. The molecule has 1 aliphatic heterocycles. The molecule has 1 saturated heterocycles. The summed E-state index contributed by atoms with van der Waals surface area (Å²) in [5.41, 5.74) is 5.84. The van der Waals surface area contributed by atoms with Crippen LogP contribution >= 0.6 is 12.4 Å². The predicted octanol–water partition coefficient (Wildman–Crippen LogP) is 1.69. The van der Waals surface area contributed by atoms with Crippen LogP contribution in [-0.2, 0) is 9.47 Å². The number of nitrogens with two attached hydrogens (primary N) is 1. The Labute approximate surface area is 91.7 Å². The summed E-state index contributed by atoms with van der Waals surface area (Å²) in [5.74, 6) is 0.780. The first-order valence-corrected chi connectivity index (χ1v) is 5.33. The highest BCUT2D eigenvalue weighted by Gasteiger charge is 2.24. The van der Waals surface area contributed by atoms with E-state index < -0.39 is 0 Å². The molecule has 0 aromatic carbocycles. The number of hydrogen-bond acceptors (Lipinski definition) is 3. The van der Waals surface area contributed by atoms with Crippen LogP contribution in [0.1, 0.15) is 32.1 Å². The van der Waals surface area contributed by atoms with Gasteiger partial charge in [-0.05, 0) is 31.6 Å². The Morgan fingerprint density at radius 1 is 1.00 bits per heavy atom. The first-order chi connectivity index (χ1) is 6.34. The molecule has 0 unspecified atom stereocenters. The van der Waals surface area contributed by atoms with E-state index in [1.54, 1.807) is 0 Å². The molecule has 84 valence electrons. The fraction of sp³-hybridized carbons (Fsp3) is 1.00. The predicted molar refractivity (Wildman–Crippen MR) is 57.5 cm³/mol. The zero-order chi connectivity index (χ0) is 9.10. The quantitative estimate of drug-likeness (QED) is 0.772. The molecular formula is C10H20ClNO2. The molecule has 0 atom stereocenters. The average Bonchev–Trinajstić information content (AvgIpc) is 2.62. The lowest BCUT2D eigenvalue weighted by molar-refractivity contribution is -0.0600. The van der Waals surface area contributed by atoms with Gasteiger partial charge in [0, 0.05) is 12.5 Å². The van der Waals surface area contributed by atoms with Crippen LogP contribution in [0, 0.1) is 5.92 Å². The summed E-state index contributed by atoms with van der Waals surface area (Å²) in [6.07, 6.45) is 6.02. The topological polar surface area (TPSA) is 44.5 Å². The van der Waals surface area contributed by atoms with E-state index in [2.05, 4.69) is 0 Å². The van der Waals surface area contributed by atoms with E-state index >= 15 is 0 Å². The van der Waals surface area contributed by atoms with Gasteiger partial charge in [-0.1, -0.05) is 0 Å². The third-order valence-corrected chi connectivity index (χ3v) is 3.11. The fourth-order valence-corrected chi connectivity index (χ4v) is 2.24. The SMILES string of the molecule is Cl.NC1CCC(CC2OCCO2)CC1. The molecule has 0 amide bonds. The van der Waals surface area contributed by atoms with Crippen LogP contribution in [0.4, 0.5) is 0 Å². The number of hydrogen-bond donors (Lipinski definition) is 1. The van der Waals surface area contributed by atoms with Crippen LogP contribution in [-0.4, -0.2) is 25.5 Å². The molecular weight excluding hydrogens is 202 g/mol. The Morgan fingerprint density at radius 2 is 1.57 bits per heavy atom. The Kier molecular flexibility index (Phi) is 5.17. The number of ether oxygens (including phenoxy) is 2. The van der Waals surface area contributed by atoms with E-state index in [1.807, 2.05) is 0 Å².